The van der Waals surface area contributed by atoms with Crippen molar-refractivity contribution in [1.29, 1.82) is 0 Å². The van der Waals surface area contributed by atoms with E-state index in [0.717, 1.165) is 24.5 Å². The molecular weight excluding hydrogens is 298 g/mol. The third-order valence-electron chi connectivity index (χ3n) is 3.48. The van der Waals surface area contributed by atoms with Gasteiger partial charge in [0, 0.05) is 25.8 Å². The summed E-state index contributed by atoms with van der Waals surface area (Å²) in [6.07, 6.45) is 0.887. The van der Waals surface area contributed by atoms with Crippen LogP contribution in [0.15, 0.2) is 35.2 Å². The molecule has 0 saturated carbocycles. The third kappa shape index (κ3) is 4.05. The lowest BCUT2D eigenvalue weighted by Gasteiger charge is -2.19. The van der Waals surface area contributed by atoms with Crippen LogP contribution in [-0.4, -0.2) is 35.6 Å². The second-order valence-electron chi connectivity index (χ2n) is 4.86. The van der Waals surface area contributed by atoms with Crippen LogP contribution < -0.4 is 10.2 Å². The summed E-state index contributed by atoms with van der Waals surface area (Å²) >= 11 is 1.52. The van der Waals surface area contributed by atoms with Crippen LogP contribution in [0.25, 0.3) is 0 Å². The van der Waals surface area contributed by atoms with Gasteiger partial charge in [-0.05, 0) is 48.4 Å². The molecule has 0 aliphatic carbocycles. The van der Waals surface area contributed by atoms with Crippen molar-refractivity contribution in [3.05, 3.63) is 46.3 Å². The normalized spacial score (nSPS) is 12.0. The first-order valence-electron chi connectivity index (χ1n) is 7.35. The largest absolute Gasteiger partial charge is 0.387 e. The summed E-state index contributed by atoms with van der Waals surface area (Å²) in [5, 5.41) is 16.5. The van der Waals surface area contributed by atoms with Crippen molar-refractivity contribution in [2.45, 2.75) is 20.0 Å². The lowest BCUT2D eigenvalue weighted by Crippen LogP contribution is -2.28. The number of amides is 1. The Morgan fingerprint density at radius 2 is 2.14 bits per heavy atom. The van der Waals surface area contributed by atoms with Crippen molar-refractivity contribution in [3.8, 4) is 0 Å². The molecular formula is C16H21N3O2S. The Balaban J connectivity index is 1.92. The molecule has 0 radical (unpaired) electrons. The second kappa shape index (κ2) is 7.91. The van der Waals surface area contributed by atoms with Gasteiger partial charge in [-0.3, -0.25) is 4.79 Å². The maximum Gasteiger partial charge on any atom is 0.252 e. The summed E-state index contributed by atoms with van der Waals surface area (Å²) in [5.74, 6) is 0.632. The van der Waals surface area contributed by atoms with Crippen LogP contribution >= 0.6 is 11.3 Å². The fraction of sp³-hybridized carbons (Fsp3) is 0.375. The quantitative estimate of drug-likeness (QED) is 0.823. The number of aliphatic hydroxyl groups is 1. The summed E-state index contributed by atoms with van der Waals surface area (Å²) in [4.78, 5) is 18.5. The lowest BCUT2D eigenvalue weighted by molar-refractivity contribution is 0.0916. The summed E-state index contributed by atoms with van der Waals surface area (Å²) < 4.78 is 0. The van der Waals surface area contributed by atoms with E-state index < -0.39 is 6.10 Å². The number of thiophene rings is 1. The summed E-state index contributed by atoms with van der Waals surface area (Å²) in [6, 6.07) is 5.45. The lowest BCUT2D eigenvalue weighted by atomic mass is 10.2. The minimum Gasteiger partial charge on any atom is -0.387 e. The summed E-state index contributed by atoms with van der Waals surface area (Å²) in [6.45, 7) is 6.08. The number of aliphatic hydroxyl groups excluding tert-OH is 1. The molecule has 0 spiro atoms. The van der Waals surface area contributed by atoms with Gasteiger partial charge < -0.3 is 15.3 Å². The van der Waals surface area contributed by atoms with Crippen LogP contribution in [0, 0.1) is 0 Å². The first kappa shape index (κ1) is 16.5. The molecule has 0 aliphatic heterocycles. The Bertz CT molecular complexity index is 580. The number of nitrogens with one attached hydrogen (secondary N) is 1. The number of hydrogen-bond acceptors (Lipinski definition) is 5. The Hall–Kier alpha value is -1.92. The maximum absolute atomic E-state index is 12.1. The molecule has 5 nitrogen and oxygen atoms in total. The highest BCUT2D eigenvalue weighted by molar-refractivity contribution is 7.07. The van der Waals surface area contributed by atoms with E-state index in [1.54, 1.807) is 12.3 Å². The van der Waals surface area contributed by atoms with Gasteiger partial charge in [0.25, 0.3) is 5.91 Å². The number of pyridine rings is 1. The van der Waals surface area contributed by atoms with E-state index in [4.69, 9.17) is 0 Å². The molecule has 0 aliphatic rings. The van der Waals surface area contributed by atoms with Crippen LogP contribution in [-0.2, 0) is 0 Å². The van der Waals surface area contributed by atoms with Gasteiger partial charge in [0.1, 0.15) is 5.82 Å². The molecule has 2 heterocycles. The van der Waals surface area contributed by atoms with Crippen molar-refractivity contribution in [2.75, 3.05) is 24.5 Å². The van der Waals surface area contributed by atoms with Gasteiger partial charge in [0.2, 0.25) is 0 Å². The van der Waals surface area contributed by atoms with Gasteiger partial charge in [0.05, 0.1) is 11.7 Å². The van der Waals surface area contributed by atoms with E-state index in [0.29, 0.717) is 5.56 Å². The van der Waals surface area contributed by atoms with Gasteiger partial charge >= 0.3 is 0 Å². The third-order valence-corrected chi connectivity index (χ3v) is 4.18. The Kier molecular flexibility index (Phi) is 5.91. The number of nitrogens with zero attached hydrogens (tertiary/aromatic N) is 2. The number of carbonyl (C=O) groups is 1. The molecule has 0 bridgehead atoms. The smallest absolute Gasteiger partial charge is 0.252 e. The number of hydrogen-bond donors (Lipinski definition) is 2. The predicted molar refractivity (Wildman–Crippen MR) is 89.4 cm³/mol. The van der Waals surface area contributed by atoms with Gasteiger partial charge in [-0.25, -0.2) is 4.98 Å². The van der Waals surface area contributed by atoms with Crippen molar-refractivity contribution >= 4 is 23.1 Å². The molecule has 0 aromatic carbocycles. The minimum absolute atomic E-state index is 0.188. The van der Waals surface area contributed by atoms with Gasteiger partial charge in [-0.15, -0.1) is 0 Å². The molecule has 1 unspecified atom stereocenters. The number of aromatic nitrogens is 1. The van der Waals surface area contributed by atoms with Gasteiger partial charge in [-0.1, -0.05) is 0 Å². The SMILES string of the molecule is CCN(CC)c1ccc(C(=O)NCC(O)c2ccsc2)cn1. The van der Waals surface area contributed by atoms with E-state index in [1.807, 2.05) is 22.9 Å². The number of anilines is 1. The fourth-order valence-electron chi connectivity index (χ4n) is 2.13. The maximum atomic E-state index is 12.1. The highest BCUT2D eigenvalue weighted by Gasteiger charge is 2.12. The average molecular weight is 319 g/mol. The molecule has 118 valence electrons. The van der Waals surface area contributed by atoms with Crippen LogP contribution in [0.5, 0.6) is 0 Å². The molecule has 1 atom stereocenters. The van der Waals surface area contributed by atoms with Crippen molar-refractivity contribution in [2.24, 2.45) is 0 Å². The Morgan fingerprint density at radius 1 is 1.36 bits per heavy atom. The highest BCUT2D eigenvalue weighted by atomic mass is 32.1. The highest BCUT2D eigenvalue weighted by Crippen LogP contribution is 2.15. The zero-order valence-corrected chi connectivity index (χ0v) is 13.6. The van der Waals surface area contributed by atoms with Crippen LogP contribution in [0.4, 0.5) is 5.82 Å². The topological polar surface area (TPSA) is 65.5 Å². The van der Waals surface area contributed by atoms with Crippen molar-refractivity contribution < 1.29 is 9.90 Å². The molecule has 2 aromatic heterocycles. The van der Waals surface area contributed by atoms with Gasteiger partial charge in [-0.2, -0.15) is 11.3 Å². The molecule has 0 saturated heterocycles. The zero-order valence-electron chi connectivity index (χ0n) is 12.8. The van der Waals surface area contributed by atoms with E-state index in [1.165, 1.54) is 11.3 Å². The van der Waals surface area contributed by atoms with E-state index >= 15 is 0 Å². The summed E-state index contributed by atoms with van der Waals surface area (Å²) in [5.41, 5.74) is 1.31. The van der Waals surface area contributed by atoms with Crippen LogP contribution in [0.3, 0.4) is 0 Å². The monoisotopic (exact) mass is 319 g/mol. The Labute approximate surface area is 134 Å². The first-order valence-corrected chi connectivity index (χ1v) is 8.29. The summed E-state index contributed by atoms with van der Waals surface area (Å²) in [7, 11) is 0. The zero-order chi connectivity index (χ0) is 15.9. The molecule has 2 N–H and O–H groups in total. The predicted octanol–water partition coefficient (Wildman–Crippen LogP) is 2.45. The number of rotatable bonds is 7. The van der Waals surface area contributed by atoms with Crippen LogP contribution in [0.1, 0.15) is 35.9 Å². The molecule has 1 amide bonds. The average Bonchev–Trinajstić information content (AvgIpc) is 3.08. The molecule has 2 rings (SSSR count). The minimum atomic E-state index is -0.682. The second-order valence-corrected chi connectivity index (χ2v) is 5.64. The van der Waals surface area contributed by atoms with Crippen molar-refractivity contribution in [3.63, 3.8) is 0 Å². The van der Waals surface area contributed by atoms with E-state index in [9.17, 15) is 9.90 Å². The molecule has 6 heteroatoms. The first-order chi connectivity index (χ1) is 10.7. The molecule has 0 fully saturated rings. The molecule has 22 heavy (non-hydrogen) atoms. The molecule has 2 aromatic rings. The fourth-order valence-corrected chi connectivity index (χ4v) is 2.84. The number of carbonyl (C=O) groups excluding carboxylic acids is 1. The van der Waals surface area contributed by atoms with Crippen LogP contribution in [0.2, 0.25) is 0 Å². The van der Waals surface area contributed by atoms with E-state index in [-0.39, 0.29) is 12.5 Å². The Morgan fingerprint density at radius 3 is 2.68 bits per heavy atom. The van der Waals surface area contributed by atoms with E-state index in [2.05, 4.69) is 29.0 Å². The van der Waals surface area contributed by atoms with Gasteiger partial charge in [0.15, 0.2) is 0 Å². The standard InChI is InChI=1S/C16H21N3O2S/c1-3-19(4-2)15-6-5-12(9-17-15)16(21)18-10-14(20)13-7-8-22-11-13/h5-9,11,14,20H,3-4,10H2,1-2H3,(H,18,21). The van der Waals surface area contributed by atoms with Crippen molar-refractivity contribution in [1.82, 2.24) is 10.3 Å².